The Labute approximate surface area is 215 Å². The molecule has 0 amide bonds. The van der Waals surface area contributed by atoms with Crippen LogP contribution in [0.1, 0.15) is 47.9 Å². The van der Waals surface area contributed by atoms with E-state index in [1.54, 1.807) is 0 Å². The molecule has 3 N–H and O–H groups in total. The highest BCUT2D eigenvalue weighted by Gasteiger charge is 2.43. The Balaban J connectivity index is 1.10. The van der Waals surface area contributed by atoms with Crippen LogP contribution in [0.3, 0.4) is 0 Å². The topological polar surface area (TPSA) is 111 Å². The zero-order chi connectivity index (χ0) is 24.8. The first-order valence-corrected chi connectivity index (χ1v) is 13.1. The van der Waals surface area contributed by atoms with Crippen LogP contribution in [0.25, 0.3) is 0 Å². The van der Waals surface area contributed by atoms with Crippen LogP contribution in [0.2, 0.25) is 0 Å². The lowest BCUT2D eigenvalue weighted by molar-refractivity contribution is 0.230. The average Bonchev–Trinajstić information content (AvgIpc) is 3.22. The number of likely N-dealkylation sites (tertiary alicyclic amines) is 1. The molecule has 2 atom stereocenters. The maximum atomic E-state index is 5.36. The summed E-state index contributed by atoms with van der Waals surface area (Å²) >= 11 is 0. The summed E-state index contributed by atoms with van der Waals surface area (Å²) in [4.78, 5) is 14.7. The van der Waals surface area contributed by atoms with E-state index in [-0.39, 0.29) is 0 Å². The van der Waals surface area contributed by atoms with Gasteiger partial charge in [0, 0.05) is 61.5 Å². The van der Waals surface area contributed by atoms with Crippen molar-refractivity contribution in [3.8, 4) is 0 Å². The summed E-state index contributed by atoms with van der Waals surface area (Å²) in [5.74, 6) is 4.35. The fraction of sp³-hybridized carbons (Fsp3) is 0.407. The van der Waals surface area contributed by atoms with Crippen LogP contribution < -0.4 is 15.5 Å². The highest BCUT2D eigenvalue weighted by molar-refractivity contribution is 5.61. The summed E-state index contributed by atoms with van der Waals surface area (Å²) in [6.07, 6.45) is 3.62. The number of H-pyrrole nitrogens is 1. The molecular formula is C27H31N9O. The molecule has 7 rings (SSSR count). The number of benzene rings is 1. The van der Waals surface area contributed by atoms with Gasteiger partial charge in [0.05, 0.1) is 12.2 Å². The number of piperazine rings is 1. The fourth-order valence-corrected chi connectivity index (χ4v) is 5.57. The number of anilines is 4. The summed E-state index contributed by atoms with van der Waals surface area (Å²) in [6, 6.07) is 17.7. The molecule has 190 valence electrons. The van der Waals surface area contributed by atoms with E-state index in [4.69, 9.17) is 14.5 Å². The standard InChI is InChI=1S/C27H31N9O/c1-17-9-22(37-34-17)13-28-27-30-24(29-25-11-23(32-33-25)19-7-8-19)12-26(31-27)36-16-20-10-21(36)15-35(20)14-18-5-3-2-4-6-18/h2-6,9,11-12,19-21H,7-8,10,13-16H2,1H3,(H3,28,29,30,31,32,33)/t20-,21-/m1/s1. The van der Waals surface area contributed by atoms with Gasteiger partial charge in [0.2, 0.25) is 5.95 Å². The molecule has 10 nitrogen and oxygen atoms in total. The maximum absolute atomic E-state index is 5.36. The van der Waals surface area contributed by atoms with Crippen LogP contribution in [-0.2, 0) is 13.1 Å². The van der Waals surface area contributed by atoms with Crippen molar-refractivity contribution in [2.45, 2.75) is 57.3 Å². The maximum Gasteiger partial charge on any atom is 0.227 e. The molecule has 2 aliphatic heterocycles. The third kappa shape index (κ3) is 4.76. The first-order chi connectivity index (χ1) is 18.2. The fourth-order valence-electron chi connectivity index (χ4n) is 5.57. The van der Waals surface area contributed by atoms with Gasteiger partial charge < -0.3 is 20.1 Å². The van der Waals surface area contributed by atoms with Crippen LogP contribution in [-0.4, -0.2) is 55.4 Å². The lowest BCUT2D eigenvalue weighted by Gasteiger charge is -2.35. The number of nitrogens with one attached hydrogen (secondary N) is 3. The normalized spacial score (nSPS) is 21.1. The minimum atomic E-state index is 0.438. The smallest absolute Gasteiger partial charge is 0.227 e. The Kier molecular flexibility index (Phi) is 5.53. The molecule has 0 radical (unpaired) electrons. The zero-order valence-electron chi connectivity index (χ0n) is 20.9. The largest absolute Gasteiger partial charge is 0.359 e. The van der Waals surface area contributed by atoms with Crippen molar-refractivity contribution >= 4 is 23.4 Å². The summed E-state index contributed by atoms with van der Waals surface area (Å²) in [5.41, 5.74) is 3.41. The molecule has 5 heterocycles. The van der Waals surface area contributed by atoms with Crippen molar-refractivity contribution in [1.82, 2.24) is 30.2 Å². The predicted molar refractivity (Wildman–Crippen MR) is 141 cm³/mol. The Hall–Kier alpha value is -3.92. The minimum Gasteiger partial charge on any atom is -0.359 e. The molecule has 4 aromatic rings. The number of fused-ring (bicyclic) bond motifs is 2. The third-order valence-corrected chi connectivity index (χ3v) is 7.56. The van der Waals surface area contributed by atoms with Crippen molar-refractivity contribution in [1.29, 1.82) is 0 Å². The van der Waals surface area contributed by atoms with Gasteiger partial charge in [-0.3, -0.25) is 10.00 Å². The molecule has 0 spiro atoms. The van der Waals surface area contributed by atoms with Crippen LogP contribution >= 0.6 is 0 Å². The van der Waals surface area contributed by atoms with E-state index in [1.165, 1.54) is 24.1 Å². The molecule has 3 fully saturated rings. The average molecular weight is 498 g/mol. The van der Waals surface area contributed by atoms with Gasteiger partial charge in [-0.05, 0) is 31.7 Å². The summed E-state index contributed by atoms with van der Waals surface area (Å²) < 4.78 is 5.36. The molecule has 2 saturated heterocycles. The van der Waals surface area contributed by atoms with E-state index in [0.717, 1.165) is 55.0 Å². The van der Waals surface area contributed by atoms with Gasteiger partial charge in [-0.15, -0.1) is 0 Å². The zero-order valence-corrected chi connectivity index (χ0v) is 20.9. The third-order valence-electron chi connectivity index (χ3n) is 7.56. The van der Waals surface area contributed by atoms with Crippen molar-refractivity contribution in [2.24, 2.45) is 0 Å². The van der Waals surface area contributed by atoms with Crippen molar-refractivity contribution < 1.29 is 4.52 Å². The summed E-state index contributed by atoms with van der Waals surface area (Å²) in [6.45, 7) is 5.38. The van der Waals surface area contributed by atoms with Gasteiger partial charge in [0.1, 0.15) is 11.6 Å². The second-order valence-corrected chi connectivity index (χ2v) is 10.4. The second-order valence-electron chi connectivity index (χ2n) is 10.4. The van der Waals surface area contributed by atoms with Crippen LogP contribution in [0.15, 0.2) is 53.1 Å². The number of hydrogen-bond donors (Lipinski definition) is 3. The molecule has 3 aliphatic rings. The summed E-state index contributed by atoms with van der Waals surface area (Å²) in [7, 11) is 0. The molecule has 0 unspecified atom stereocenters. The van der Waals surface area contributed by atoms with Gasteiger partial charge in [0.15, 0.2) is 11.6 Å². The van der Waals surface area contributed by atoms with Crippen LogP contribution in [0, 0.1) is 6.92 Å². The minimum absolute atomic E-state index is 0.438. The number of aryl methyl sites for hydroxylation is 1. The van der Waals surface area contributed by atoms with E-state index in [0.29, 0.717) is 30.5 Å². The van der Waals surface area contributed by atoms with Gasteiger partial charge in [-0.2, -0.15) is 15.1 Å². The molecule has 1 aliphatic carbocycles. The second kappa shape index (κ2) is 9.19. The number of rotatable bonds is 9. The lowest BCUT2D eigenvalue weighted by Crippen LogP contribution is -2.46. The van der Waals surface area contributed by atoms with Gasteiger partial charge >= 0.3 is 0 Å². The number of nitrogens with zero attached hydrogens (tertiary/aromatic N) is 6. The lowest BCUT2D eigenvalue weighted by atomic mass is 10.2. The van der Waals surface area contributed by atoms with Crippen molar-refractivity contribution in [3.63, 3.8) is 0 Å². The Morgan fingerprint density at radius 1 is 1.03 bits per heavy atom. The Morgan fingerprint density at radius 2 is 1.92 bits per heavy atom. The first-order valence-electron chi connectivity index (χ1n) is 13.1. The van der Waals surface area contributed by atoms with E-state index >= 15 is 0 Å². The van der Waals surface area contributed by atoms with E-state index < -0.39 is 0 Å². The molecule has 2 bridgehead atoms. The molecule has 37 heavy (non-hydrogen) atoms. The van der Waals surface area contributed by atoms with Crippen LogP contribution in [0.5, 0.6) is 0 Å². The molecule has 1 aromatic carbocycles. The number of aromatic nitrogens is 5. The quantitative estimate of drug-likeness (QED) is 0.313. The summed E-state index contributed by atoms with van der Waals surface area (Å²) in [5, 5.41) is 18.3. The first kappa shape index (κ1) is 22.3. The van der Waals surface area contributed by atoms with E-state index in [9.17, 15) is 0 Å². The molecule has 3 aromatic heterocycles. The Bertz CT molecular complexity index is 1380. The van der Waals surface area contributed by atoms with Gasteiger partial charge in [-0.25, -0.2) is 0 Å². The van der Waals surface area contributed by atoms with E-state index in [2.05, 4.69) is 72.2 Å². The molecule has 10 heteroatoms. The molecular weight excluding hydrogens is 466 g/mol. The SMILES string of the molecule is Cc1cc(CNc2nc(Nc3cc(C4CC4)[nH]n3)cc(N3C[C@H]4C[C@@H]3CN4Cc3ccccc3)n2)on1. The van der Waals surface area contributed by atoms with Crippen molar-refractivity contribution in [3.05, 3.63) is 71.2 Å². The number of hydrogen-bond acceptors (Lipinski definition) is 9. The monoisotopic (exact) mass is 497 g/mol. The van der Waals surface area contributed by atoms with Gasteiger partial charge in [0.25, 0.3) is 0 Å². The highest BCUT2D eigenvalue weighted by Crippen LogP contribution is 2.40. The Morgan fingerprint density at radius 3 is 2.68 bits per heavy atom. The predicted octanol–water partition coefficient (Wildman–Crippen LogP) is 4.19. The van der Waals surface area contributed by atoms with Crippen LogP contribution in [0.4, 0.5) is 23.4 Å². The highest BCUT2D eigenvalue weighted by atomic mass is 16.5. The number of aromatic amines is 1. The van der Waals surface area contributed by atoms with E-state index in [1.807, 2.05) is 19.1 Å². The van der Waals surface area contributed by atoms with Gasteiger partial charge in [-0.1, -0.05) is 35.5 Å². The molecule has 1 saturated carbocycles. The van der Waals surface area contributed by atoms with Crippen molar-refractivity contribution in [2.75, 3.05) is 28.6 Å².